The van der Waals surface area contributed by atoms with Crippen molar-refractivity contribution in [2.75, 3.05) is 5.88 Å². The van der Waals surface area contributed by atoms with Crippen molar-refractivity contribution in [3.63, 3.8) is 0 Å². The second-order valence-corrected chi connectivity index (χ2v) is 2.75. The summed E-state index contributed by atoms with van der Waals surface area (Å²) in [6.07, 6.45) is 5.21. The van der Waals surface area contributed by atoms with Crippen LogP contribution in [0.2, 0.25) is 0 Å². The van der Waals surface area contributed by atoms with Gasteiger partial charge < -0.3 is 5.11 Å². The Morgan fingerprint density at radius 3 is 2.73 bits per heavy atom. The van der Waals surface area contributed by atoms with Crippen LogP contribution in [0.4, 0.5) is 0 Å². The van der Waals surface area contributed by atoms with Crippen molar-refractivity contribution in [1.29, 1.82) is 0 Å². The molecule has 0 aromatic heterocycles. The molecule has 0 bridgehead atoms. The number of rotatable bonds is 5. The Morgan fingerprint density at radius 2 is 2.27 bits per heavy atom. The zero-order chi connectivity index (χ0) is 8.69. The van der Waals surface area contributed by atoms with E-state index in [1.54, 1.807) is 6.92 Å². The van der Waals surface area contributed by atoms with Gasteiger partial charge >= 0.3 is 5.97 Å². The minimum atomic E-state index is -0.732. The van der Waals surface area contributed by atoms with E-state index in [-0.39, 0.29) is 5.92 Å². The van der Waals surface area contributed by atoms with Gasteiger partial charge in [0.15, 0.2) is 0 Å². The third kappa shape index (κ3) is 5.92. The molecule has 0 aromatic rings. The molecule has 64 valence electrons. The topological polar surface area (TPSA) is 37.3 Å². The standard InChI is InChI=1S/C8H13ClO2/c1-7(8(10)11)5-3-2-4-6-9/h2,4,7H,3,5-6H2,1H3,(H,10,11). The molecule has 0 fully saturated rings. The van der Waals surface area contributed by atoms with Gasteiger partial charge in [-0.3, -0.25) is 4.79 Å². The SMILES string of the molecule is CC(CCC=CCCl)C(=O)O. The highest BCUT2D eigenvalue weighted by molar-refractivity contribution is 6.18. The summed E-state index contributed by atoms with van der Waals surface area (Å²) in [5, 5.41) is 8.49. The van der Waals surface area contributed by atoms with Gasteiger partial charge in [0.05, 0.1) is 5.92 Å². The third-order valence-corrected chi connectivity index (χ3v) is 1.62. The van der Waals surface area contributed by atoms with Gasteiger partial charge in [0, 0.05) is 5.88 Å². The molecule has 0 aliphatic rings. The molecular formula is C8H13ClO2. The summed E-state index contributed by atoms with van der Waals surface area (Å²) >= 11 is 5.38. The first-order valence-electron chi connectivity index (χ1n) is 3.62. The molecule has 1 N–H and O–H groups in total. The minimum absolute atomic E-state index is 0.255. The van der Waals surface area contributed by atoms with Crippen molar-refractivity contribution < 1.29 is 9.90 Å². The van der Waals surface area contributed by atoms with Gasteiger partial charge in [0.2, 0.25) is 0 Å². The van der Waals surface area contributed by atoms with Gasteiger partial charge in [-0.2, -0.15) is 0 Å². The lowest BCUT2D eigenvalue weighted by Gasteiger charge is -2.01. The zero-order valence-electron chi connectivity index (χ0n) is 6.59. The first-order chi connectivity index (χ1) is 5.18. The summed E-state index contributed by atoms with van der Waals surface area (Å²) in [6, 6.07) is 0. The maximum Gasteiger partial charge on any atom is 0.306 e. The molecule has 1 unspecified atom stereocenters. The van der Waals surface area contributed by atoms with Gasteiger partial charge in [-0.15, -0.1) is 11.6 Å². The molecule has 0 saturated carbocycles. The van der Waals surface area contributed by atoms with Crippen molar-refractivity contribution in [3.8, 4) is 0 Å². The van der Waals surface area contributed by atoms with E-state index in [1.165, 1.54) is 0 Å². The molecule has 0 aliphatic carbocycles. The quantitative estimate of drug-likeness (QED) is 0.516. The van der Waals surface area contributed by atoms with Crippen LogP contribution in [0.1, 0.15) is 19.8 Å². The summed E-state index contributed by atoms with van der Waals surface area (Å²) in [4.78, 5) is 10.3. The normalized spacial score (nSPS) is 13.6. The minimum Gasteiger partial charge on any atom is -0.481 e. The predicted octanol–water partition coefficient (Wildman–Crippen LogP) is 2.28. The van der Waals surface area contributed by atoms with Crippen LogP contribution >= 0.6 is 11.6 Å². The summed E-state index contributed by atoms with van der Waals surface area (Å²) < 4.78 is 0. The van der Waals surface area contributed by atoms with E-state index in [2.05, 4.69) is 0 Å². The van der Waals surface area contributed by atoms with E-state index in [4.69, 9.17) is 16.7 Å². The van der Waals surface area contributed by atoms with E-state index < -0.39 is 5.97 Å². The monoisotopic (exact) mass is 176 g/mol. The van der Waals surface area contributed by atoms with Crippen LogP contribution in [0.15, 0.2) is 12.2 Å². The van der Waals surface area contributed by atoms with Crippen molar-refractivity contribution in [1.82, 2.24) is 0 Å². The molecule has 0 radical (unpaired) electrons. The van der Waals surface area contributed by atoms with Gasteiger partial charge in [-0.1, -0.05) is 19.1 Å². The Morgan fingerprint density at radius 1 is 1.64 bits per heavy atom. The number of aliphatic carboxylic acids is 1. The highest BCUT2D eigenvalue weighted by Crippen LogP contribution is 2.05. The van der Waals surface area contributed by atoms with Gasteiger partial charge in [0.1, 0.15) is 0 Å². The molecule has 11 heavy (non-hydrogen) atoms. The van der Waals surface area contributed by atoms with Crippen LogP contribution in [0.5, 0.6) is 0 Å². The molecule has 0 spiro atoms. The van der Waals surface area contributed by atoms with Crippen molar-refractivity contribution >= 4 is 17.6 Å². The Labute approximate surface area is 71.9 Å². The number of hydrogen-bond acceptors (Lipinski definition) is 1. The number of allylic oxidation sites excluding steroid dienone is 2. The molecular weight excluding hydrogens is 164 g/mol. The van der Waals surface area contributed by atoms with E-state index in [1.807, 2.05) is 12.2 Å². The predicted molar refractivity (Wildman–Crippen MR) is 45.9 cm³/mol. The average Bonchev–Trinajstić information content (AvgIpc) is 1.97. The molecule has 0 aromatic carbocycles. The van der Waals surface area contributed by atoms with Gasteiger partial charge in [0.25, 0.3) is 0 Å². The summed E-state index contributed by atoms with van der Waals surface area (Å²) in [5.74, 6) is -0.485. The Bertz CT molecular complexity index is 143. The van der Waals surface area contributed by atoms with Crippen LogP contribution < -0.4 is 0 Å². The van der Waals surface area contributed by atoms with Crippen LogP contribution in [0.3, 0.4) is 0 Å². The Hall–Kier alpha value is -0.500. The fourth-order valence-corrected chi connectivity index (χ4v) is 0.777. The lowest BCUT2D eigenvalue weighted by atomic mass is 10.1. The zero-order valence-corrected chi connectivity index (χ0v) is 7.34. The average molecular weight is 177 g/mol. The largest absolute Gasteiger partial charge is 0.481 e. The molecule has 3 heteroatoms. The molecule has 0 amide bonds. The lowest BCUT2D eigenvalue weighted by Crippen LogP contribution is -2.08. The van der Waals surface area contributed by atoms with E-state index in [0.29, 0.717) is 12.3 Å². The van der Waals surface area contributed by atoms with Crippen LogP contribution in [-0.2, 0) is 4.79 Å². The number of halogens is 1. The maximum atomic E-state index is 10.3. The number of hydrogen-bond donors (Lipinski definition) is 1. The third-order valence-electron chi connectivity index (χ3n) is 1.44. The molecule has 0 aliphatic heterocycles. The Balaban J connectivity index is 3.38. The lowest BCUT2D eigenvalue weighted by molar-refractivity contribution is -0.141. The van der Waals surface area contributed by atoms with Crippen LogP contribution in [-0.4, -0.2) is 17.0 Å². The van der Waals surface area contributed by atoms with Gasteiger partial charge in [-0.05, 0) is 12.8 Å². The molecule has 0 rings (SSSR count). The van der Waals surface area contributed by atoms with E-state index in [0.717, 1.165) is 6.42 Å². The van der Waals surface area contributed by atoms with Crippen LogP contribution in [0.25, 0.3) is 0 Å². The maximum absolute atomic E-state index is 10.3. The highest BCUT2D eigenvalue weighted by Gasteiger charge is 2.07. The summed E-state index contributed by atoms with van der Waals surface area (Å²) in [6.45, 7) is 1.71. The van der Waals surface area contributed by atoms with E-state index in [9.17, 15) is 4.79 Å². The smallest absolute Gasteiger partial charge is 0.306 e. The first kappa shape index (κ1) is 10.5. The van der Waals surface area contributed by atoms with Crippen molar-refractivity contribution in [2.24, 2.45) is 5.92 Å². The Kier molecular flexibility index (Phi) is 5.94. The van der Waals surface area contributed by atoms with Crippen LogP contribution in [0, 0.1) is 5.92 Å². The van der Waals surface area contributed by atoms with Crippen molar-refractivity contribution in [2.45, 2.75) is 19.8 Å². The highest BCUT2D eigenvalue weighted by atomic mass is 35.5. The number of carboxylic acid groups (broad SMARTS) is 1. The number of carbonyl (C=O) groups is 1. The molecule has 1 atom stereocenters. The molecule has 2 nitrogen and oxygen atoms in total. The fraction of sp³-hybridized carbons (Fsp3) is 0.625. The van der Waals surface area contributed by atoms with E-state index >= 15 is 0 Å². The molecule has 0 heterocycles. The molecule has 0 saturated heterocycles. The second kappa shape index (κ2) is 6.23. The van der Waals surface area contributed by atoms with Gasteiger partial charge in [-0.25, -0.2) is 0 Å². The number of alkyl halides is 1. The first-order valence-corrected chi connectivity index (χ1v) is 4.15. The number of carboxylic acids is 1. The van der Waals surface area contributed by atoms with Crippen molar-refractivity contribution in [3.05, 3.63) is 12.2 Å². The summed E-state index contributed by atoms with van der Waals surface area (Å²) in [7, 11) is 0. The summed E-state index contributed by atoms with van der Waals surface area (Å²) in [5.41, 5.74) is 0. The fourth-order valence-electron chi connectivity index (χ4n) is 0.651. The second-order valence-electron chi connectivity index (χ2n) is 2.44.